The largest absolute Gasteiger partial charge is 0.456 e. The molecule has 2 heterocycles. The first-order valence-electron chi connectivity index (χ1n) is 23.9. The second-order valence-corrected chi connectivity index (χ2v) is 18.2. The number of para-hydroxylation sites is 5. The lowest BCUT2D eigenvalue weighted by atomic mass is 9.80. The first-order chi connectivity index (χ1) is 33.3. The summed E-state index contributed by atoms with van der Waals surface area (Å²) in [5, 5.41) is 7.43. The summed E-state index contributed by atoms with van der Waals surface area (Å²) >= 11 is 0. The summed E-state index contributed by atoms with van der Waals surface area (Å²) in [6.07, 6.45) is 6.42. The van der Waals surface area contributed by atoms with Crippen LogP contribution in [0.2, 0.25) is 0 Å². The van der Waals surface area contributed by atoms with Gasteiger partial charge >= 0.3 is 0 Å². The van der Waals surface area contributed by atoms with E-state index in [2.05, 4.69) is 222 Å². The van der Waals surface area contributed by atoms with Crippen LogP contribution in [0.4, 0.5) is 17.1 Å². The molecule has 2 aromatic heterocycles. The summed E-state index contributed by atoms with van der Waals surface area (Å²) in [4.78, 5) is 2.51. The van der Waals surface area contributed by atoms with Crippen molar-refractivity contribution in [3.05, 3.63) is 230 Å². The van der Waals surface area contributed by atoms with Gasteiger partial charge in [0.15, 0.2) is 0 Å². The van der Waals surface area contributed by atoms with Crippen LogP contribution >= 0.6 is 0 Å². The molecule has 0 aliphatic heterocycles. The third-order valence-corrected chi connectivity index (χ3v) is 14.4. The van der Waals surface area contributed by atoms with E-state index in [1.807, 2.05) is 12.1 Å². The molecule has 10 aromatic carbocycles. The summed E-state index contributed by atoms with van der Waals surface area (Å²) in [6.45, 7) is 0. The van der Waals surface area contributed by atoms with E-state index in [9.17, 15) is 0 Å². The first-order valence-corrected chi connectivity index (χ1v) is 23.9. The number of furan rings is 1. The Morgan fingerprint density at radius 1 is 0.403 bits per heavy atom. The van der Waals surface area contributed by atoms with Crippen molar-refractivity contribution in [1.82, 2.24) is 4.57 Å². The normalized spacial score (nSPS) is 13.3. The Morgan fingerprint density at radius 2 is 0.985 bits per heavy atom. The highest BCUT2D eigenvalue weighted by molar-refractivity contribution is 6.17. The Labute approximate surface area is 390 Å². The molecule has 67 heavy (non-hydrogen) atoms. The van der Waals surface area contributed by atoms with Gasteiger partial charge in [-0.3, -0.25) is 0 Å². The monoisotopic (exact) mass is 860 g/mol. The third-order valence-electron chi connectivity index (χ3n) is 14.4. The molecule has 0 N–H and O–H groups in total. The summed E-state index contributed by atoms with van der Waals surface area (Å²) in [5.41, 5.74) is 17.3. The smallest absolute Gasteiger partial charge is 0.136 e. The standard InChI is InChI=1S/C64H48N2O/c1-3-18-44(19-4-1)49-28-15-20-45-21-16-29-54(63(45)49)50-24-7-11-31-57(50)65(48-39-36-43(37-40-48)46-38-41-53-52-26-10-14-35-61(52)67-62(53)42-46)58-32-12-8-25-51(58)55-30-17-34-60-64(55)56-27-9-13-33-59(56)66(60)47-22-5-2-6-23-47/h2,5-17,20-42,44H,1,3-4,18-19H2. The van der Waals surface area contributed by atoms with Crippen molar-refractivity contribution in [2.75, 3.05) is 4.90 Å². The van der Waals surface area contributed by atoms with E-state index in [-0.39, 0.29) is 0 Å². The number of anilines is 3. The van der Waals surface area contributed by atoms with E-state index in [0.29, 0.717) is 5.92 Å². The van der Waals surface area contributed by atoms with Crippen molar-refractivity contribution in [2.45, 2.75) is 38.0 Å². The van der Waals surface area contributed by atoms with Gasteiger partial charge < -0.3 is 13.9 Å². The molecule has 1 saturated carbocycles. The van der Waals surface area contributed by atoms with Gasteiger partial charge in [-0.05, 0) is 124 Å². The number of benzene rings is 10. The van der Waals surface area contributed by atoms with Crippen LogP contribution < -0.4 is 4.90 Å². The van der Waals surface area contributed by atoms with E-state index >= 15 is 0 Å². The minimum atomic E-state index is 0.562. The van der Waals surface area contributed by atoms with Crippen LogP contribution in [0.3, 0.4) is 0 Å². The van der Waals surface area contributed by atoms with Crippen LogP contribution in [0.15, 0.2) is 229 Å². The molecule has 320 valence electrons. The van der Waals surface area contributed by atoms with Crippen molar-refractivity contribution in [3.63, 3.8) is 0 Å². The molecule has 0 amide bonds. The van der Waals surface area contributed by atoms with E-state index in [4.69, 9.17) is 4.42 Å². The van der Waals surface area contributed by atoms with Gasteiger partial charge in [0.25, 0.3) is 0 Å². The molecule has 0 spiro atoms. The molecule has 0 bridgehead atoms. The highest BCUT2D eigenvalue weighted by atomic mass is 16.3. The van der Waals surface area contributed by atoms with Crippen molar-refractivity contribution in [1.29, 1.82) is 0 Å². The molecule has 3 nitrogen and oxygen atoms in total. The van der Waals surface area contributed by atoms with Crippen LogP contribution in [-0.4, -0.2) is 4.57 Å². The van der Waals surface area contributed by atoms with Gasteiger partial charge in [-0.2, -0.15) is 0 Å². The summed E-state index contributed by atoms with van der Waals surface area (Å²) < 4.78 is 8.77. The maximum Gasteiger partial charge on any atom is 0.136 e. The number of rotatable bonds is 8. The van der Waals surface area contributed by atoms with E-state index in [0.717, 1.165) is 55.8 Å². The van der Waals surface area contributed by atoms with Crippen LogP contribution in [0.1, 0.15) is 43.6 Å². The first kappa shape index (κ1) is 39.2. The maximum atomic E-state index is 6.35. The minimum Gasteiger partial charge on any atom is -0.456 e. The predicted octanol–water partition coefficient (Wildman–Crippen LogP) is 18.4. The number of fused-ring (bicyclic) bond motifs is 7. The lowest BCUT2D eigenvalue weighted by molar-refractivity contribution is 0.445. The van der Waals surface area contributed by atoms with Crippen LogP contribution in [0.25, 0.3) is 93.6 Å². The Morgan fingerprint density at radius 3 is 1.76 bits per heavy atom. The van der Waals surface area contributed by atoms with Crippen molar-refractivity contribution in [3.8, 4) is 39.1 Å². The Balaban J connectivity index is 1.03. The number of aromatic nitrogens is 1. The second-order valence-electron chi connectivity index (χ2n) is 18.2. The molecule has 1 fully saturated rings. The number of hydrogen-bond donors (Lipinski definition) is 0. The van der Waals surface area contributed by atoms with E-state index < -0.39 is 0 Å². The Hall–Kier alpha value is -8.14. The highest BCUT2D eigenvalue weighted by Crippen LogP contribution is 2.49. The fraction of sp³-hybridized carbons (Fsp3) is 0.0938. The molecule has 0 atom stereocenters. The average molecular weight is 861 g/mol. The van der Waals surface area contributed by atoms with Gasteiger partial charge in [-0.15, -0.1) is 0 Å². The average Bonchev–Trinajstić information content (AvgIpc) is 3.95. The fourth-order valence-corrected chi connectivity index (χ4v) is 11.4. The fourth-order valence-electron chi connectivity index (χ4n) is 11.4. The van der Waals surface area contributed by atoms with E-state index in [1.165, 1.54) is 92.5 Å². The van der Waals surface area contributed by atoms with Crippen LogP contribution in [-0.2, 0) is 0 Å². The molecule has 0 radical (unpaired) electrons. The molecular formula is C64H48N2O. The zero-order valence-corrected chi connectivity index (χ0v) is 37.3. The van der Waals surface area contributed by atoms with Crippen molar-refractivity contribution in [2.24, 2.45) is 0 Å². The zero-order chi connectivity index (χ0) is 44.3. The zero-order valence-electron chi connectivity index (χ0n) is 37.3. The van der Waals surface area contributed by atoms with Gasteiger partial charge in [0.05, 0.1) is 22.4 Å². The number of nitrogens with zero attached hydrogens (tertiary/aromatic N) is 2. The van der Waals surface area contributed by atoms with Gasteiger partial charge in [0, 0.05) is 44.0 Å². The van der Waals surface area contributed by atoms with Crippen LogP contribution in [0, 0.1) is 0 Å². The Kier molecular flexibility index (Phi) is 9.60. The SMILES string of the molecule is c1ccc(-n2c3ccccc3c3c(-c4ccccc4N(c4ccc(-c5ccc6c(c5)oc5ccccc56)cc4)c4ccccc4-c4cccc5cccc(C6CCCCC6)c45)cccc32)cc1. The summed E-state index contributed by atoms with van der Waals surface area (Å²) in [5.74, 6) is 0.562. The van der Waals surface area contributed by atoms with Gasteiger partial charge in [-0.25, -0.2) is 0 Å². The molecule has 13 rings (SSSR count). The molecule has 0 saturated heterocycles. The van der Waals surface area contributed by atoms with Gasteiger partial charge in [0.2, 0.25) is 0 Å². The van der Waals surface area contributed by atoms with E-state index in [1.54, 1.807) is 0 Å². The topological polar surface area (TPSA) is 21.3 Å². The van der Waals surface area contributed by atoms with Crippen molar-refractivity contribution < 1.29 is 4.42 Å². The Bertz CT molecular complexity index is 3790. The number of hydrogen-bond acceptors (Lipinski definition) is 2. The summed E-state index contributed by atoms with van der Waals surface area (Å²) in [7, 11) is 0. The molecule has 1 aliphatic carbocycles. The molecular weight excluding hydrogens is 813 g/mol. The third kappa shape index (κ3) is 6.64. The molecule has 3 heteroatoms. The lowest BCUT2D eigenvalue weighted by Crippen LogP contribution is -2.12. The minimum absolute atomic E-state index is 0.562. The van der Waals surface area contributed by atoms with Gasteiger partial charge in [-0.1, -0.05) is 177 Å². The van der Waals surface area contributed by atoms with Crippen molar-refractivity contribution >= 4 is 71.6 Å². The van der Waals surface area contributed by atoms with Gasteiger partial charge in [0.1, 0.15) is 11.2 Å². The lowest BCUT2D eigenvalue weighted by Gasteiger charge is -2.31. The predicted molar refractivity (Wildman–Crippen MR) is 282 cm³/mol. The molecule has 1 aliphatic rings. The highest BCUT2D eigenvalue weighted by Gasteiger charge is 2.25. The summed E-state index contributed by atoms with van der Waals surface area (Å²) in [6, 6.07) is 82.4. The second kappa shape index (κ2) is 16.4. The quantitative estimate of drug-likeness (QED) is 0.152. The van der Waals surface area contributed by atoms with Crippen LogP contribution in [0.5, 0.6) is 0 Å². The maximum absolute atomic E-state index is 6.35. The molecule has 0 unspecified atom stereocenters. The molecule has 12 aromatic rings.